The lowest BCUT2D eigenvalue weighted by Gasteiger charge is -2.53. The summed E-state index contributed by atoms with van der Waals surface area (Å²) in [5.41, 5.74) is 1.50. The van der Waals surface area contributed by atoms with Gasteiger partial charge in [0, 0.05) is 35.5 Å². The lowest BCUT2D eigenvalue weighted by atomic mass is 9.70. The molecule has 0 spiro atoms. The smallest absolute Gasteiger partial charge is 0.408 e. The van der Waals surface area contributed by atoms with E-state index in [2.05, 4.69) is 19.2 Å². The number of hydrogen-bond donors (Lipinski definition) is 1. The Kier molecular flexibility index (Phi) is 8.11. The summed E-state index contributed by atoms with van der Waals surface area (Å²) in [6.45, 7) is 9.68. The first-order chi connectivity index (χ1) is 18.6. The van der Waals surface area contributed by atoms with Crippen LogP contribution in [-0.4, -0.2) is 47.7 Å². The zero-order chi connectivity index (χ0) is 27.7. The summed E-state index contributed by atoms with van der Waals surface area (Å²) in [7, 11) is 0. The second kappa shape index (κ2) is 11.4. The van der Waals surface area contributed by atoms with Gasteiger partial charge in [0.15, 0.2) is 0 Å². The van der Waals surface area contributed by atoms with Crippen molar-refractivity contribution >= 4 is 23.6 Å². The Morgan fingerprint density at radius 1 is 1.18 bits per heavy atom. The Labute approximate surface area is 236 Å². The van der Waals surface area contributed by atoms with Gasteiger partial charge in [-0.15, -0.1) is 0 Å². The van der Waals surface area contributed by atoms with Gasteiger partial charge in [-0.25, -0.2) is 4.79 Å². The Morgan fingerprint density at radius 2 is 1.95 bits per heavy atom. The molecule has 2 fully saturated rings. The van der Waals surface area contributed by atoms with Gasteiger partial charge in [-0.05, 0) is 62.8 Å². The molecule has 2 saturated heterocycles. The molecule has 2 amide bonds. The molecule has 2 aromatic carbocycles. The molecule has 0 aliphatic carbocycles. The van der Waals surface area contributed by atoms with Crippen LogP contribution in [-0.2, 0) is 20.9 Å². The number of likely N-dealkylation sites (tertiary alicyclic amines) is 1. The molecule has 39 heavy (non-hydrogen) atoms. The van der Waals surface area contributed by atoms with E-state index >= 15 is 0 Å². The van der Waals surface area contributed by atoms with E-state index in [9.17, 15) is 9.59 Å². The number of nitrogens with one attached hydrogen (secondary N) is 1. The molecule has 0 bridgehead atoms. The van der Waals surface area contributed by atoms with Gasteiger partial charge in [-0.3, -0.25) is 4.79 Å². The third kappa shape index (κ3) is 6.20. The van der Waals surface area contributed by atoms with Crippen molar-refractivity contribution in [3.63, 3.8) is 0 Å². The zero-order valence-corrected chi connectivity index (χ0v) is 23.9. The Balaban J connectivity index is 1.25. The highest BCUT2D eigenvalue weighted by Crippen LogP contribution is 2.53. The van der Waals surface area contributed by atoms with Crippen molar-refractivity contribution in [1.29, 1.82) is 0 Å². The Morgan fingerprint density at radius 3 is 2.69 bits per heavy atom. The molecule has 7 nitrogen and oxygen atoms in total. The number of amides is 2. The van der Waals surface area contributed by atoms with Crippen molar-refractivity contribution < 1.29 is 23.8 Å². The Hall–Kier alpha value is -2.77. The van der Waals surface area contributed by atoms with Crippen LogP contribution in [0.2, 0.25) is 5.02 Å². The van der Waals surface area contributed by atoms with E-state index in [-0.39, 0.29) is 42.5 Å². The number of rotatable bonds is 6. The number of hydrogen-bond acceptors (Lipinski definition) is 5. The van der Waals surface area contributed by atoms with Crippen LogP contribution >= 0.6 is 11.6 Å². The van der Waals surface area contributed by atoms with Crippen LogP contribution in [0.4, 0.5) is 4.79 Å². The molecule has 0 radical (unpaired) electrons. The molecule has 2 aromatic rings. The van der Waals surface area contributed by atoms with Gasteiger partial charge < -0.3 is 24.4 Å². The number of carbonyl (C=O) groups excluding carboxylic acids is 2. The predicted molar refractivity (Wildman–Crippen MR) is 150 cm³/mol. The standard InChI is InChI=1S/C31H39ClN2O5/c1-19(2)14-25(33-30(36)37-18-20-8-6-5-7-9-20)29(35)34-13-12-26-21(17-34)15-24-28(38-26)23-16-22(32)10-11-27(23)39-31(24,3)4/h5-11,16,19,21,24-26,28H,12-15,17-18H2,1-4H3,(H,33,36)/t21-,24+,25-,26+,28-/m0/s1. The molecule has 210 valence electrons. The van der Waals surface area contributed by atoms with Crippen molar-refractivity contribution in [1.82, 2.24) is 10.2 Å². The number of halogens is 1. The van der Waals surface area contributed by atoms with Crippen LogP contribution in [0.3, 0.4) is 0 Å². The van der Waals surface area contributed by atoms with Crippen molar-refractivity contribution in [3.8, 4) is 5.75 Å². The Bertz CT molecular complexity index is 1190. The maximum Gasteiger partial charge on any atom is 0.408 e. The molecular formula is C31H39ClN2O5. The number of piperidine rings is 1. The summed E-state index contributed by atoms with van der Waals surface area (Å²) < 4.78 is 18.6. The minimum Gasteiger partial charge on any atom is -0.487 e. The summed E-state index contributed by atoms with van der Waals surface area (Å²) in [5, 5.41) is 3.52. The van der Waals surface area contributed by atoms with Crippen LogP contribution in [0.15, 0.2) is 48.5 Å². The molecule has 3 aliphatic rings. The van der Waals surface area contributed by atoms with Gasteiger partial charge in [-0.2, -0.15) is 0 Å². The second-order valence-electron chi connectivity index (χ2n) is 12.0. The van der Waals surface area contributed by atoms with Crippen LogP contribution < -0.4 is 10.1 Å². The SMILES string of the molecule is CC(C)C[C@H](NC(=O)OCc1ccccc1)C(=O)N1CC[C@H]2O[C@H]3c4cc(Cl)ccc4OC(C)(C)[C@@H]3C[C@H]2C1. The number of fused-ring (bicyclic) bond motifs is 4. The number of ether oxygens (including phenoxy) is 3. The molecule has 0 unspecified atom stereocenters. The molecule has 3 aliphatic heterocycles. The molecule has 0 aromatic heterocycles. The molecule has 0 saturated carbocycles. The normalized spacial score (nSPS) is 25.9. The van der Waals surface area contributed by atoms with Crippen molar-refractivity contribution in [2.75, 3.05) is 13.1 Å². The van der Waals surface area contributed by atoms with Gasteiger partial charge in [0.25, 0.3) is 0 Å². The molecule has 5 rings (SSSR count). The zero-order valence-electron chi connectivity index (χ0n) is 23.2. The molecule has 8 heteroatoms. The first-order valence-electron chi connectivity index (χ1n) is 14.0. The fraction of sp³-hybridized carbons (Fsp3) is 0.548. The van der Waals surface area contributed by atoms with E-state index in [4.69, 9.17) is 25.8 Å². The molecule has 1 N–H and O–H groups in total. The summed E-state index contributed by atoms with van der Waals surface area (Å²) >= 11 is 6.33. The van der Waals surface area contributed by atoms with Crippen molar-refractivity contribution in [2.24, 2.45) is 17.8 Å². The first-order valence-corrected chi connectivity index (χ1v) is 14.4. The minimum absolute atomic E-state index is 0.0581. The minimum atomic E-state index is -0.634. The number of carbonyl (C=O) groups is 2. The van der Waals surface area contributed by atoms with Crippen LogP contribution in [0.1, 0.15) is 64.2 Å². The summed E-state index contributed by atoms with van der Waals surface area (Å²) in [5.74, 6) is 1.34. The van der Waals surface area contributed by atoms with E-state index in [0.717, 1.165) is 29.7 Å². The predicted octanol–water partition coefficient (Wildman–Crippen LogP) is 6.15. The number of alkyl carbamates (subject to hydrolysis) is 1. The largest absolute Gasteiger partial charge is 0.487 e. The van der Waals surface area contributed by atoms with Crippen molar-refractivity contribution in [3.05, 3.63) is 64.7 Å². The summed E-state index contributed by atoms with van der Waals surface area (Å²) in [6.07, 6.45) is 1.59. The summed E-state index contributed by atoms with van der Waals surface area (Å²) in [4.78, 5) is 28.2. The van der Waals surface area contributed by atoms with E-state index in [1.165, 1.54) is 0 Å². The number of benzene rings is 2. The van der Waals surface area contributed by atoms with Gasteiger partial charge in [0.05, 0.1) is 12.2 Å². The number of nitrogens with zero attached hydrogens (tertiary/aromatic N) is 1. The van der Waals surface area contributed by atoms with E-state index in [0.29, 0.717) is 24.5 Å². The van der Waals surface area contributed by atoms with E-state index in [1.54, 1.807) is 0 Å². The first kappa shape index (κ1) is 27.8. The quantitative estimate of drug-likeness (QED) is 0.463. The average Bonchev–Trinajstić information content (AvgIpc) is 2.91. The lowest BCUT2D eigenvalue weighted by Crippen LogP contribution is -2.58. The maximum absolute atomic E-state index is 13.7. The monoisotopic (exact) mass is 554 g/mol. The molecular weight excluding hydrogens is 516 g/mol. The highest BCUT2D eigenvalue weighted by atomic mass is 35.5. The fourth-order valence-electron chi connectivity index (χ4n) is 6.30. The molecule has 5 atom stereocenters. The van der Waals surface area contributed by atoms with Gasteiger partial charge >= 0.3 is 6.09 Å². The van der Waals surface area contributed by atoms with Gasteiger partial charge in [0.1, 0.15) is 24.0 Å². The highest BCUT2D eigenvalue weighted by molar-refractivity contribution is 6.30. The molecule has 3 heterocycles. The van der Waals surface area contributed by atoms with Crippen LogP contribution in [0, 0.1) is 17.8 Å². The third-order valence-corrected chi connectivity index (χ3v) is 8.51. The average molecular weight is 555 g/mol. The van der Waals surface area contributed by atoms with Gasteiger partial charge in [0.2, 0.25) is 5.91 Å². The van der Waals surface area contributed by atoms with E-state index < -0.39 is 17.7 Å². The van der Waals surface area contributed by atoms with Crippen molar-refractivity contribution in [2.45, 2.75) is 77.4 Å². The summed E-state index contributed by atoms with van der Waals surface area (Å²) in [6, 6.07) is 14.6. The highest BCUT2D eigenvalue weighted by Gasteiger charge is 2.51. The fourth-order valence-corrected chi connectivity index (χ4v) is 6.48. The second-order valence-corrected chi connectivity index (χ2v) is 12.5. The van der Waals surface area contributed by atoms with Crippen LogP contribution in [0.5, 0.6) is 5.75 Å². The van der Waals surface area contributed by atoms with Gasteiger partial charge in [-0.1, -0.05) is 55.8 Å². The lowest BCUT2D eigenvalue weighted by molar-refractivity contribution is -0.189. The maximum atomic E-state index is 13.7. The topological polar surface area (TPSA) is 77.1 Å². The third-order valence-electron chi connectivity index (χ3n) is 8.27. The van der Waals surface area contributed by atoms with E-state index in [1.807, 2.05) is 67.3 Å². The van der Waals surface area contributed by atoms with Crippen LogP contribution in [0.25, 0.3) is 0 Å².